The van der Waals surface area contributed by atoms with Gasteiger partial charge in [0, 0.05) is 16.2 Å². The Morgan fingerprint density at radius 2 is 2.12 bits per heavy atom. The molecule has 0 aliphatic carbocycles. The molecule has 1 saturated heterocycles. The van der Waals surface area contributed by atoms with E-state index >= 15 is 0 Å². The fourth-order valence-electron chi connectivity index (χ4n) is 3.46. The van der Waals surface area contributed by atoms with E-state index in [4.69, 9.17) is 4.74 Å². The van der Waals surface area contributed by atoms with Gasteiger partial charge in [-0.25, -0.2) is 0 Å². The van der Waals surface area contributed by atoms with Gasteiger partial charge in [-0.1, -0.05) is 6.92 Å². The van der Waals surface area contributed by atoms with E-state index in [1.165, 1.54) is 28.2 Å². The molecule has 1 aliphatic heterocycles. The Balaban J connectivity index is 1.48. The molecular formula is C21H28N2O2S. The van der Waals surface area contributed by atoms with Gasteiger partial charge in [0.2, 0.25) is 5.91 Å². The Kier molecular flexibility index (Phi) is 6.69. The van der Waals surface area contributed by atoms with Gasteiger partial charge in [0.15, 0.2) is 0 Å². The van der Waals surface area contributed by atoms with Crippen LogP contribution >= 0.6 is 11.3 Å². The molecule has 2 unspecified atom stereocenters. The van der Waals surface area contributed by atoms with Crippen molar-refractivity contribution in [1.29, 1.82) is 0 Å². The first kappa shape index (κ1) is 18.9. The lowest BCUT2D eigenvalue weighted by molar-refractivity contribution is -0.122. The Bertz CT molecular complexity index is 705. The third-order valence-corrected chi connectivity index (χ3v) is 6.28. The molecule has 0 spiro atoms. The number of amides is 1. The standard InChI is InChI=1S/C21H28N2O2S/c1-15(17-4-3-11-22-13-17)12-21(24)23-14-19-9-10-20(26-19)16-5-7-18(25-2)8-6-16/h5-10,15,17,22H,3-4,11-14H2,1-2H3,(H,23,24). The van der Waals surface area contributed by atoms with E-state index in [1.807, 2.05) is 12.1 Å². The van der Waals surface area contributed by atoms with E-state index in [0.717, 1.165) is 18.8 Å². The van der Waals surface area contributed by atoms with Crippen molar-refractivity contribution >= 4 is 17.2 Å². The number of nitrogens with one attached hydrogen (secondary N) is 2. The fourth-order valence-corrected chi connectivity index (χ4v) is 4.42. The highest BCUT2D eigenvalue weighted by atomic mass is 32.1. The molecule has 0 radical (unpaired) electrons. The van der Waals surface area contributed by atoms with E-state index in [1.54, 1.807) is 18.4 Å². The number of hydrogen-bond acceptors (Lipinski definition) is 4. The summed E-state index contributed by atoms with van der Waals surface area (Å²) in [5.74, 6) is 2.07. The molecule has 1 aromatic carbocycles. The number of carbonyl (C=O) groups excluding carboxylic acids is 1. The van der Waals surface area contributed by atoms with Gasteiger partial charge in [-0.05, 0) is 79.7 Å². The number of benzene rings is 1. The minimum absolute atomic E-state index is 0.155. The highest BCUT2D eigenvalue weighted by Crippen LogP contribution is 2.29. The zero-order chi connectivity index (χ0) is 18.4. The monoisotopic (exact) mass is 372 g/mol. The molecule has 1 amide bonds. The van der Waals surface area contributed by atoms with Crippen molar-refractivity contribution in [2.45, 2.75) is 32.7 Å². The first-order chi connectivity index (χ1) is 12.7. The zero-order valence-electron chi connectivity index (χ0n) is 15.6. The molecule has 1 aromatic heterocycles. The van der Waals surface area contributed by atoms with Gasteiger partial charge in [0.05, 0.1) is 13.7 Å². The quantitative estimate of drug-likeness (QED) is 0.770. The summed E-state index contributed by atoms with van der Waals surface area (Å²) in [6, 6.07) is 12.3. The molecular weight excluding hydrogens is 344 g/mol. The molecule has 2 aromatic rings. The van der Waals surface area contributed by atoms with Crippen LogP contribution in [0.2, 0.25) is 0 Å². The SMILES string of the molecule is COc1ccc(-c2ccc(CNC(=O)CC(C)C3CCCNC3)s2)cc1. The maximum atomic E-state index is 12.3. The van der Waals surface area contributed by atoms with Crippen LogP contribution in [0.4, 0.5) is 0 Å². The lowest BCUT2D eigenvalue weighted by Crippen LogP contribution is -2.35. The van der Waals surface area contributed by atoms with Crippen molar-refractivity contribution < 1.29 is 9.53 Å². The normalized spacial score (nSPS) is 18.3. The van der Waals surface area contributed by atoms with Crippen LogP contribution in [0, 0.1) is 11.8 Å². The topological polar surface area (TPSA) is 50.4 Å². The maximum absolute atomic E-state index is 12.3. The minimum Gasteiger partial charge on any atom is -0.497 e. The van der Waals surface area contributed by atoms with Crippen LogP contribution in [-0.4, -0.2) is 26.1 Å². The smallest absolute Gasteiger partial charge is 0.220 e. The van der Waals surface area contributed by atoms with E-state index in [2.05, 4.69) is 41.8 Å². The van der Waals surface area contributed by atoms with Crippen LogP contribution in [0.3, 0.4) is 0 Å². The number of ether oxygens (including phenoxy) is 1. The second-order valence-corrected chi connectivity index (χ2v) is 8.23. The number of methoxy groups -OCH3 is 1. The van der Waals surface area contributed by atoms with Gasteiger partial charge < -0.3 is 15.4 Å². The first-order valence-corrected chi connectivity index (χ1v) is 10.2. The maximum Gasteiger partial charge on any atom is 0.220 e. The summed E-state index contributed by atoms with van der Waals surface area (Å²) in [6.07, 6.45) is 3.07. The largest absolute Gasteiger partial charge is 0.497 e. The average Bonchev–Trinajstić information content (AvgIpc) is 3.16. The van der Waals surface area contributed by atoms with Crippen molar-refractivity contribution in [3.63, 3.8) is 0 Å². The summed E-state index contributed by atoms with van der Waals surface area (Å²) in [4.78, 5) is 14.7. The molecule has 4 nitrogen and oxygen atoms in total. The zero-order valence-corrected chi connectivity index (χ0v) is 16.4. The molecule has 2 heterocycles. The lowest BCUT2D eigenvalue weighted by atomic mass is 9.85. The Hall–Kier alpha value is -1.85. The molecule has 1 fully saturated rings. The highest BCUT2D eigenvalue weighted by Gasteiger charge is 2.21. The van der Waals surface area contributed by atoms with Gasteiger partial charge in [-0.15, -0.1) is 11.3 Å². The third kappa shape index (κ3) is 5.08. The molecule has 26 heavy (non-hydrogen) atoms. The summed E-state index contributed by atoms with van der Waals surface area (Å²) in [7, 11) is 1.67. The number of carbonyl (C=O) groups is 1. The number of thiophene rings is 1. The highest BCUT2D eigenvalue weighted by molar-refractivity contribution is 7.15. The fraction of sp³-hybridized carbons (Fsp3) is 0.476. The molecule has 2 atom stereocenters. The second-order valence-electron chi connectivity index (χ2n) is 7.06. The molecule has 2 N–H and O–H groups in total. The third-order valence-electron chi connectivity index (χ3n) is 5.14. The van der Waals surface area contributed by atoms with Crippen LogP contribution < -0.4 is 15.4 Å². The Morgan fingerprint density at radius 3 is 2.81 bits per heavy atom. The number of rotatable bonds is 7. The van der Waals surface area contributed by atoms with E-state index in [9.17, 15) is 4.79 Å². The molecule has 1 aliphatic rings. The average molecular weight is 373 g/mol. The van der Waals surface area contributed by atoms with Gasteiger partial charge in [0.25, 0.3) is 0 Å². The van der Waals surface area contributed by atoms with E-state index < -0.39 is 0 Å². The van der Waals surface area contributed by atoms with Gasteiger partial charge in [-0.3, -0.25) is 4.79 Å². The molecule has 0 bridgehead atoms. The summed E-state index contributed by atoms with van der Waals surface area (Å²) in [6.45, 7) is 4.97. The predicted molar refractivity (Wildman–Crippen MR) is 108 cm³/mol. The molecule has 3 rings (SSSR count). The summed E-state index contributed by atoms with van der Waals surface area (Å²) < 4.78 is 5.20. The summed E-state index contributed by atoms with van der Waals surface area (Å²) in [5.41, 5.74) is 1.17. The van der Waals surface area contributed by atoms with Crippen LogP contribution in [0.1, 0.15) is 31.1 Å². The first-order valence-electron chi connectivity index (χ1n) is 9.36. The Labute approximate surface area is 160 Å². The van der Waals surface area contributed by atoms with Gasteiger partial charge >= 0.3 is 0 Å². The van der Waals surface area contributed by atoms with Crippen LogP contribution in [0.15, 0.2) is 36.4 Å². The van der Waals surface area contributed by atoms with Crippen molar-refractivity contribution in [2.75, 3.05) is 20.2 Å². The molecule has 5 heteroatoms. The molecule has 140 valence electrons. The lowest BCUT2D eigenvalue weighted by Gasteiger charge is -2.27. The Morgan fingerprint density at radius 1 is 1.31 bits per heavy atom. The molecule has 0 saturated carbocycles. The van der Waals surface area contributed by atoms with Gasteiger partial charge in [-0.2, -0.15) is 0 Å². The van der Waals surface area contributed by atoms with Crippen LogP contribution in [-0.2, 0) is 11.3 Å². The van der Waals surface area contributed by atoms with E-state index in [0.29, 0.717) is 24.8 Å². The van der Waals surface area contributed by atoms with E-state index in [-0.39, 0.29) is 5.91 Å². The van der Waals surface area contributed by atoms with Crippen molar-refractivity contribution in [2.24, 2.45) is 11.8 Å². The van der Waals surface area contributed by atoms with Crippen molar-refractivity contribution in [3.05, 3.63) is 41.3 Å². The minimum atomic E-state index is 0.155. The summed E-state index contributed by atoms with van der Waals surface area (Å²) in [5, 5.41) is 6.52. The van der Waals surface area contributed by atoms with Crippen LogP contribution in [0.25, 0.3) is 10.4 Å². The van der Waals surface area contributed by atoms with Crippen LogP contribution in [0.5, 0.6) is 5.75 Å². The summed E-state index contributed by atoms with van der Waals surface area (Å²) >= 11 is 1.72. The number of piperidine rings is 1. The number of hydrogen-bond donors (Lipinski definition) is 2. The van der Waals surface area contributed by atoms with Crippen molar-refractivity contribution in [3.8, 4) is 16.2 Å². The van der Waals surface area contributed by atoms with Gasteiger partial charge in [0.1, 0.15) is 5.75 Å². The predicted octanol–water partition coefficient (Wildman–Crippen LogP) is 4.07. The second kappa shape index (κ2) is 9.19. The van der Waals surface area contributed by atoms with Crippen molar-refractivity contribution in [1.82, 2.24) is 10.6 Å².